The summed E-state index contributed by atoms with van der Waals surface area (Å²) in [5.74, 6) is -3.84. The number of nitrogens with one attached hydrogen (secondary N) is 2. The molecule has 202 valence electrons. The fourth-order valence-corrected chi connectivity index (χ4v) is 4.24. The first-order chi connectivity index (χ1) is 18.1. The highest BCUT2D eigenvalue weighted by Crippen LogP contribution is 2.26. The zero-order valence-corrected chi connectivity index (χ0v) is 21.8. The molecule has 2 aromatic carbocycles. The Labute approximate surface area is 220 Å². The van der Waals surface area contributed by atoms with Crippen molar-refractivity contribution in [2.45, 2.75) is 58.4 Å². The van der Waals surface area contributed by atoms with Crippen molar-refractivity contribution in [3.63, 3.8) is 0 Å². The van der Waals surface area contributed by atoms with E-state index in [0.29, 0.717) is 0 Å². The highest BCUT2D eigenvalue weighted by Gasteiger charge is 2.42. The minimum absolute atomic E-state index is 0.00175. The molecule has 1 aliphatic rings. The first-order valence-corrected chi connectivity index (χ1v) is 12.5. The molecule has 0 aromatic heterocycles. The van der Waals surface area contributed by atoms with Crippen molar-refractivity contribution in [3.05, 3.63) is 71.3 Å². The van der Waals surface area contributed by atoms with E-state index in [9.17, 15) is 24.0 Å². The zero-order chi connectivity index (χ0) is 28.0. The van der Waals surface area contributed by atoms with Gasteiger partial charge in [-0.2, -0.15) is 0 Å². The van der Waals surface area contributed by atoms with Crippen LogP contribution in [0.4, 0.5) is 4.39 Å². The Morgan fingerprint density at radius 1 is 0.868 bits per heavy atom. The van der Waals surface area contributed by atoms with E-state index in [2.05, 4.69) is 10.6 Å². The van der Waals surface area contributed by atoms with Gasteiger partial charge in [0, 0.05) is 0 Å². The minimum atomic E-state index is -1.99. The van der Waals surface area contributed by atoms with Crippen LogP contribution >= 0.6 is 0 Å². The van der Waals surface area contributed by atoms with E-state index in [1.54, 1.807) is 37.3 Å². The maximum Gasteiger partial charge on any atom is 0.328 e. The third-order valence-electron chi connectivity index (χ3n) is 6.18. The molecular weight excluding hydrogens is 493 g/mol. The summed E-state index contributed by atoms with van der Waals surface area (Å²) in [6.07, 6.45) is -1.75. The van der Waals surface area contributed by atoms with Crippen molar-refractivity contribution in [2.75, 3.05) is 6.61 Å². The molecule has 0 spiro atoms. The quantitative estimate of drug-likeness (QED) is 0.344. The molecular formula is C28H32FN3O6. The number of amides is 4. The van der Waals surface area contributed by atoms with Crippen molar-refractivity contribution >= 4 is 29.6 Å². The van der Waals surface area contributed by atoms with Gasteiger partial charge >= 0.3 is 5.97 Å². The van der Waals surface area contributed by atoms with Crippen molar-refractivity contribution < 1.29 is 33.1 Å². The molecule has 9 nitrogen and oxygen atoms in total. The number of halogens is 1. The number of carbonyl (C=O) groups is 5. The molecule has 0 radical (unpaired) electrons. The number of ether oxygens (including phenoxy) is 1. The van der Waals surface area contributed by atoms with Gasteiger partial charge in [-0.25, -0.2) is 9.18 Å². The van der Waals surface area contributed by atoms with Crippen LogP contribution in [0.15, 0.2) is 54.6 Å². The number of esters is 1. The zero-order valence-electron chi connectivity index (χ0n) is 21.8. The third-order valence-corrected chi connectivity index (χ3v) is 6.18. The Morgan fingerprint density at radius 2 is 1.42 bits per heavy atom. The summed E-state index contributed by atoms with van der Waals surface area (Å²) < 4.78 is 20.8. The number of rotatable bonds is 11. The van der Waals surface area contributed by atoms with Crippen LogP contribution in [0.2, 0.25) is 0 Å². The first kappa shape index (κ1) is 28.5. The largest absolute Gasteiger partial charge is 0.464 e. The Kier molecular flexibility index (Phi) is 9.33. The Hall–Kier alpha value is -4.08. The molecule has 2 unspecified atom stereocenters. The van der Waals surface area contributed by atoms with Crippen LogP contribution in [0.1, 0.15) is 66.6 Å². The second kappa shape index (κ2) is 12.4. The second-order valence-electron chi connectivity index (χ2n) is 9.44. The Bertz CT molecular complexity index is 1170. The van der Waals surface area contributed by atoms with Crippen LogP contribution in [0, 0.1) is 5.92 Å². The lowest BCUT2D eigenvalue weighted by molar-refractivity contribution is -0.148. The molecule has 1 heterocycles. The van der Waals surface area contributed by atoms with E-state index < -0.39 is 53.9 Å². The summed E-state index contributed by atoms with van der Waals surface area (Å²) >= 11 is 0. The molecule has 0 fully saturated rings. The Morgan fingerprint density at radius 3 is 1.95 bits per heavy atom. The van der Waals surface area contributed by atoms with Crippen LogP contribution in [0.5, 0.6) is 0 Å². The van der Waals surface area contributed by atoms with Crippen molar-refractivity contribution in [2.24, 2.45) is 5.92 Å². The maximum atomic E-state index is 15.7. The van der Waals surface area contributed by atoms with Crippen molar-refractivity contribution in [1.82, 2.24) is 15.5 Å². The predicted octanol–water partition coefficient (Wildman–Crippen LogP) is 2.96. The van der Waals surface area contributed by atoms with Crippen molar-refractivity contribution in [3.8, 4) is 0 Å². The molecule has 0 saturated heterocycles. The fourth-order valence-electron chi connectivity index (χ4n) is 4.24. The summed E-state index contributed by atoms with van der Waals surface area (Å²) in [7, 11) is 0. The molecule has 10 heteroatoms. The lowest BCUT2D eigenvalue weighted by atomic mass is 10.00. The van der Waals surface area contributed by atoms with Gasteiger partial charge in [0.25, 0.3) is 11.8 Å². The molecule has 2 aromatic rings. The van der Waals surface area contributed by atoms with Gasteiger partial charge in [-0.1, -0.05) is 56.3 Å². The van der Waals surface area contributed by atoms with Crippen LogP contribution in [0.25, 0.3) is 0 Å². The number of imide groups is 1. The summed E-state index contributed by atoms with van der Waals surface area (Å²) in [5.41, 5.74) is 0.438. The summed E-state index contributed by atoms with van der Waals surface area (Å²) in [5, 5.41) is 4.88. The Balaban J connectivity index is 1.86. The average molecular weight is 526 g/mol. The molecule has 4 amide bonds. The van der Waals surface area contributed by atoms with Gasteiger partial charge in [0.15, 0.2) is 6.17 Å². The summed E-state index contributed by atoms with van der Waals surface area (Å²) in [6.45, 7) is 6.74. The molecule has 1 aliphatic heterocycles. The number of nitrogens with zero attached hydrogens (tertiary/aromatic N) is 1. The van der Waals surface area contributed by atoms with E-state index >= 15 is 4.39 Å². The highest BCUT2D eigenvalue weighted by atomic mass is 19.1. The van der Waals surface area contributed by atoms with E-state index in [0.717, 1.165) is 4.90 Å². The number of hydrogen-bond donors (Lipinski definition) is 2. The molecule has 0 bridgehead atoms. The molecule has 4 atom stereocenters. The smallest absolute Gasteiger partial charge is 0.328 e. The van der Waals surface area contributed by atoms with E-state index in [4.69, 9.17) is 4.74 Å². The second-order valence-corrected chi connectivity index (χ2v) is 9.44. The molecule has 0 saturated carbocycles. The van der Waals surface area contributed by atoms with Gasteiger partial charge in [0.1, 0.15) is 18.1 Å². The van der Waals surface area contributed by atoms with Crippen LogP contribution in [-0.4, -0.2) is 59.2 Å². The maximum absolute atomic E-state index is 15.7. The number of carbonyl (C=O) groups excluding carboxylic acids is 5. The normalized spacial score (nSPS) is 15.9. The number of fused-ring (bicyclic) bond motifs is 1. The molecule has 3 rings (SSSR count). The predicted molar refractivity (Wildman–Crippen MR) is 137 cm³/mol. The molecule has 0 aliphatic carbocycles. The van der Waals surface area contributed by atoms with Gasteiger partial charge < -0.3 is 15.4 Å². The highest BCUT2D eigenvalue weighted by molar-refractivity contribution is 6.22. The fraction of sp³-hybridized carbons (Fsp3) is 0.393. The lowest BCUT2D eigenvalue weighted by Crippen LogP contribution is -2.57. The SMILES string of the molecule is CCOC(=O)[C@H](CC(C)C)NC(=O)[C@@H](NC(=O)C(C)N1C(=O)c2ccccc2C1=O)C(F)c1ccccc1. The molecule has 38 heavy (non-hydrogen) atoms. The van der Waals surface area contributed by atoms with E-state index in [-0.39, 0.29) is 35.6 Å². The van der Waals surface area contributed by atoms with Gasteiger partial charge in [-0.3, -0.25) is 24.1 Å². The van der Waals surface area contributed by atoms with Gasteiger partial charge in [-0.05, 0) is 43.9 Å². The topological polar surface area (TPSA) is 122 Å². The average Bonchev–Trinajstić information content (AvgIpc) is 3.15. The lowest BCUT2D eigenvalue weighted by Gasteiger charge is -2.28. The summed E-state index contributed by atoms with van der Waals surface area (Å²) in [6, 6.07) is 9.77. The number of hydrogen-bond acceptors (Lipinski definition) is 6. The van der Waals surface area contributed by atoms with E-state index in [1.165, 1.54) is 31.2 Å². The number of alkyl halides is 1. The van der Waals surface area contributed by atoms with Crippen LogP contribution in [-0.2, 0) is 19.1 Å². The summed E-state index contributed by atoms with van der Waals surface area (Å²) in [4.78, 5) is 65.5. The van der Waals surface area contributed by atoms with Crippen LogP contribution < -0.4 is 10.6 Å². The van der Waals surface area contributed by atoms with Crippen molar-refractivity contribution in [1.29, 1.82) is 0 Å². The van der Waals surface area contributed by atoms with Gasteiger partial charge in [0.05, 0.1) is 17.7 Å². The van der Waals surface area contributed by atoms with Crippen LogP contribution in [0.3, 0.4) is 0 Å². The van der Waals surface area contributed by atoms with Gasteiger partial charge in [0.2, 0.25) is 11.8 Å². The van der Waals surface area contributed by atoms with E-state index in [1.807, 2.05) is 13.8 Å². The first-order valence-electron chi connectivity index (χ1n) is 12.5. The third kappa shape index (κ3) is 6.24. The molecule has 2 N–H and O–H groups in total. The number of benzene rings is 2. The standard InChI is InChI=1S/C28H32FN3O6/c1-5-38-28(37)21(15-16(2)3)30-25(34)23(22(29)18-11-7-6-8-12-18)31-24(33)17(4)32-26(35)19-13-9-10-14-20(19)27(32)36/h6-14,16-17,21-23H,5,15H2,1-4H3,(H,30,34)(H,31,33)/t17?,21-,22?,23-/m0/s1. The monoisotopic (exact) mass is 525 g/mol. The minimum Gasteiger partial charge on any atom is -0.464 e. The van der Waals surface area contributed by atoms with Gasteiger partial charge in [-0.15, -0.1) is 0 Å².